The number of hydrogen-bond donors (Lipinski definition) is 0. The van der Waals surface area contributed by atoms with Crippen LogP contribution in [0.15, 0.2) is 35.1 Å². The van der Waals surface area contributed by atoms with Gasteiger partial charge in [0, 0.05) is 11.5 Å². The minimum absolute atomic E-state index is 0.0604. The Labute approximate surface area is 153 Å². The molecule has 0 N–H and O–H groups in total. The molecule has 0 aliphatic heterocycles. The van der Waals surface area contributed by atoms with E-state index in [9.17, 15) is 4.79 Å². The Hall–Kier alpha value is -1.00. The van der Waals surface area contributed by atoms with Gasteiger partial charge in [0.2, 0.25) is 0 Å². The Balaban J connectivity index is 3.44. The number of ketones is 1. The second-order valence-electron chi connectivity index (χ2n) is 7.13. The molecular weight excluding hydrogens is 335 g/mol. The third kappa shape index (κ3) is 6.34. The minimum atomic E-state index is -2.77. The van der Waals surface area contributed by atoms with E-state index in [4.69, 9.17) is 13.8 Å². The molecule has 0 unspecified atom stereocenters. The van der Waals surface area contributed by atoms with Gasteiger partial charge in [0.15, 0.2) is 5.78 Å². The summed E-state index contributed by atoms with van der Waals surface area (Å²) in [7, 11) is -2.77. The molecule has 0 heterocycles. The number of rotatable bonds is 9. The number of carbonyl (C=O) groups excluding carboxylic acids is 1. The fraction of sp³-hybridized carbons (Fsp3) is 0.632. The van der Waals surface area contributed by atoms with Gasteiger partial charge in [-0.1, -0.05) is 39.0 Å². The zero-order valence-corrected chi connectivity index (χ0v) is 17.5. The van der Waals surface area contributed by atoms with Crippen LogP contribution in [-0.4, -0.2) is 36.3 Å². The van der Waals surface area contributed by atoms with Gasteiger partial charge >= 0.3 is 0 Å². The lowest BCUT2D eigenvalue weighted by Gasteiger charge is -2.37. The van der Waals surface area contributed by atoms with Gasteiger partial charge in [0.25, 0.3) is 7.66 Å². The number of Topliss-reactive ketones (excluding diaryl/α,β-unsaturated/α-hetero) is 1. The monoisotopic (exact) mass is 368 g/mol. The molecule has 6 heteroatoms. The summed E-state index contributed by atoms with van der Waals surface area (Å²) >= 11 is 0. The molecule has 0 saturated carbocycles. The Bertz CT molecular complexity index is 584. The first-order valence-corrected chi connectivity index (χ1v) is 10.5. The molecule has 0 aromatic heterocycles. The number of nitrogens with zero attached hydrogens (tertiary/aromatic N) is 2. The summed E-state index contributed by atoms with van der Waals surface area (Å²) in [5.74, 6) is 0.147. The predicted octanol–water partition coefficient (Wildman–Crippen LogP) is 5.66. The third-order valence-corrected chi connectivity index (χ3v) is 6.58. The molecule has 0 bridgehead atoms. The van der Waals surface area contributed by atoms with Crippen molar-refractivity contribution >= 4 is 19.1 Å². The molecule has 0 saturated heterocycles. The lowest BCUT2D eigenvalue weighted by atomic mass is 9.91. The van der Waals surface area contributed by atoms with Crippen molar-refractivity contribution in [3.63, 3.8) is 0 Å². The average Bonchev–Trinajstić information content (AvgIpc) is 2.52. The molecule has 0 atom stereocenters. The number of carbonyl (C=O) groups is 1. The Kier molecular flexibility index (Phi) is 8.49. The van der Waals surface area contributed by atoms with Crippen LogP contribution in [0.3, 0.4) is 0 Å². The van der Waals surface area contributed by atoms with E-state index in [-0.39, 0.29) is 18.4 Å². The van der Waals surface area contributed by atoms with Crippen LogP contribution in [0, 0.1) is 5.41 Å². The van der Waals surface area contributed by atoms with Crippen molar-refractivity contribution in [2.75, 3.05) is 19.8 Å². The zero-order valence-electron chi connectivity index (χ0n) is 16.7. The van der Waals surface area contributed by atoms with Crippen molar-refractivity contribution in [1.29, 1.82) is 0 Å². The summed E-state index contributed by atoms with van der Waals surface area (Å²) in [5, 5.41) is 0. The maximum Gasteiger partial charge on any atom is 0.296 e. The topological polar surface area (TPSA) is 51.1 Å². The van der Waals surface area contributed by atoms with Crippen LogP contribution >= 0.6 is 7.66 Å². The van der Waals surface area contributed by atoms with Gasteiger partial charge in [0.1, 0.15) is 0 Å². The lowest BCUT2D eigenvalue weighted by molar-refractivity contribution is -0.127. The van der Waals surface area contributed by atoms with E-state index in [1.54, 1.807) is 0 Å². The molecule has 5 nitrogen and oxygen atoms in total. The van der Waals surface area contributed by atoms with Gasteiger partial charge in [-0.25, -0.2) is 9.42 Å². The smallest absolute Gasteiger partial charge is 0.296 e. The Morgan fingerprint density at radius 1 is 1.12 bits per heavy atom. The SMILES string of the molecule is CCOP(=Nc1ccccc1)(OCC)N(CC(=O)C(C)(C)C)C(C)C. The van der Waals surface area contributed by atoms with Crippen LogP contribution in [0.2, 0.25) is 0 Å². The summed E-state index contributed by atoms with van der Waals surface area (Å²) in [6.45, 7) is 14.9. The molecule has 1 aromatic carbocycles. The first kappa shape index (κ1) is 22.0. The van der Waals surface area contributed by atoms with Crippen LogP contribution in [-0.2, 0) is 13.8 Å². The van der Waals surface area contributed by atoms with Gasteiger partial charge in [-0.3, -0.25) is 4.79 Å². The second kappa shape index (κ2) is 9.63. The van der Waals surface area contributed by atoms with Crippen molar-refractivity contribution in [3.05, 3.63) is 30.3 Å². The highest BCUT2D eigenvalue weighted by Gasteiger charge is 2.36. The third-order valence-electron chi connectivity index (χ3n) is 3.66. The zero-order chi connectivity index (χ0) is 19.1. The van der Waals surface area contributed by atoms with E-state index in [1.807, 2.05) is 83.5 Å². The summed E-state index contributed by atoms with van der Waals surface area (Å²) in [5.41, 5.74) is 0.375. The van der Waals surface area contributed by atoms with Crippen LogP contribution < -0.4 is 0 Å². The van der Waals surface area contributed by atoms with Gasteiger partial charge in [0.05, 0.1) is 25.4 Å². The summed E-state index contributed by atoms with van der Waals surface area (Å²) in [6, 6.07) is 9.74. The average molecular weight is 368 g/mol. The fourth-order valence-corrected chi connectivity index (χ4v) is 4.82. The van der Waals surface area contributed by atoms with E-state index in [0.29, 0.717) is 13.2 Å². The van der Waals surface area contributed by atoms with E-state index in [0.717, 1.165) is 5.69 Å². The predicted molar refractivity (Wildman–Crippen MR) is 105 cm³/mol. The summed E-state index contributed by atoms with van der Waals surface area (Å²) in [6.07, 6.45) is 0. The first-order valence-electron chi connectivity index (χ1n) is 8.93. The molecule has 0 fully saturated rings. The van der Waals surface area contributed by atoms with Gasteiger partial charge in [-0.2, -0.15) is 0 Å². The van der Waals surface area contributed by atoms with E-state index >= 15 is 0 Å². The largest absolute Gasteiger partial charge is 0.312 e. The lowest BCUT2D eigenvalue weighted by Crippen LogP contribution is -2.38. The highest BCUT2D eigenvalue weighted by atomic mass is 31.2. The molecule has 0 aliphatic carbocycles. The first-order chi connectivity index (χ1) is 11.7. The highest BCUT2D eigenvalue weighted by molar-refractivity contribution is 7.54. The number of benzene rings is 1. The summed E-state index contributed by atoms with van der Waals surface area (Å²) < 4.78 is 19.1. The molecule has 0 radical (unpaired) electrons. The van der Waals surface area contributed by atoms with Crippen LogP contribution in [0.1, 0.15) is 48.5 Å². The molecular formula is C19H33N2O3P. The molecule has 1 aromatic rings. The second-order valence-corrected chi connectivity index (χ2v) is 9.34. The molecule has 25 heavy (non-hydrogen) atoms. The van der Waals surface area contributed by atoms with Crippen LogP contribution in [0.25, 0.3) is 0 Å². The van der Waals surface area contributed by atoms with Crippen LogP contribution in [0.5, 0.6) is 0 Å². The molecule has 0 aliphatic rings. The molecule has 0 amide bonds. The maximum absolute atomic E-state index is 12.7. The van der Waals surface area contributed by atoms with Crippen molar-refractivity contribution < 1.29 is 13.8 Å². The van der Waals surface area contributed by atoms with Crippen molar-refractivity contribution in [1.82, 2.24) is 4.67 Å². The van der Waals surface area contributed by atoms with Crippen molar-refractivity contribution in [2.24, 2.45) is 10.2 Å². The molecule has 0 spiro atoms. The van der Waals surface area contributed by atoms with E-state index in [2.05, 4.69) is 0 Å². The van der Waals surface area contributed by atoms with Gasteiger partial charge in [-0.05, 0) is 39.8 Å². The quantitative estimate of drug-likeness (QED) is 0.528. The fourth-order valence-electron chi connectivity index (χ4n) is 2.23. The minimum Gasteiger partial charge on any atom is -0.312 e. The van der Waals surface area contributed by atoms with E-state index in [1.165, 1.54) is 0 Å². The van der Waals surface area contributed by atoms with Crippen molar-refractivity contribution in [3.8, 4) is 0 Å². The Morgan fingerprint density at radius 3 is 2.04 bits per heavy atom. The highest BCUT2D eigenvalue weighted by Crippen LogP contribution is 2.58. The van der Waals surface area contributed by atoms with Gasteiger partial charge in [-0.15, -0.1) is 0 Å². The normalized spacial score (nSPS) is 12.7. The standard InChI is InChI=1S/C19H33N2O3P/c1-8-23-25(24-9-2,20-17-13-11-10-12-14-17)21(16(3)4)15-18(22)19(5,6)7/h10-14,16H,8-9,15H2,1-7H3. The van der Waals surface area contributed by atoms with Crippen molar-refractivity contribution in [2.45, 2.75) is 54.5 Å². The maximum atomic E-state index is 12.7. The number of hydrogen-bond acceptors (Lipinski definition) is 4. The van der Waals surface area contributed by atoms with E-state index < -0.39 is 13.1 Å². The molecule has 142 valence electrons. The van der Waals surface area contributed by atoms with Gasteiger partial charge < -0.3 is 9.05 Å². The Morgan fingerprint density at radius 2 is 1.64 bits per heavy atom. The van der Waals surface area contributed by atoms with Crippen LogP contribution in [0.4, 0.5) is 5.69 Å². The molecule has 1 rings (SSSR count). The summed E-state index contributed by atoms with van der Waals surface area (Å²) in [4.78, 5) is 12.7.